The van der Waals surface area contributed by atoms with Crippen molar-refractivity contribution in [2.24, 2.45) is 0 Å². The highest BCUT2D eigenvalue weighted by atomic mass is 35.5. The number of hydrogen-bond donors (Lipinski definition) is 1. The Labute approximate surface area is 146 Å². The topological polar surface area (TPSA) is 98.5 Å². The van der Waals surface area contributed by atoms with Gasteiger partial charge >= 0.3 is 5.97 Å². The van der Waals surface area contributed by atoms with Crippen LogP contribution in [0.1, 0.15) is 15.9 Å². The van der Waals surface area contributed by atoms with E-state index in [-0.39, 0.29) is 16.3 Å². The van der Waals surface area contributed by atoms with E-state index in [9.17, 15) is 24.1 Å². The smallest absolute Gasteiger partial charge is 0.345 e. The van der Waals surface area contributed by atoms with Gasteiger partial charge in [-0.1, -0.05) is 17.7 Å². The fourth-order valence-electron chi connectivity index (χ4n) is 1.91. The maximum absolute atomic E-state index is 13.4. The maximum atomic E-state index is 13.4. The Morgan fingerprint density at radius 3 is 2.64 bits per heavy atom. The van der Waals surface area contributed by atoms with Gasteiger partial charge < -0.3 is 10.1 Å². The number of carbonyl (C=O) groups excluding carboxylic acids is 2. The van der Waals surface area contributed by atoms with E-state index in [4.69, 9.17) is 16.3 Å². The Balaban J connectivity index is 2.02. The van der Waals surface area contributed by atoms with E-state index in [1.807, 2.05) is 0 Å². The van der Waals surface area contributed by atoms with Gasteiger partial charge in [-0.2, -0.15) is 0 Å². The summed E-state index contributed by atoms with van der Waals surface area (Å²) in [5, 5.41) is 13.4. The fourth-order valence-corrected chi connectivity index (χ4v) is 2.08. The summed E-state index contributed by atoms with van der Waals surface area (Å²) in [5.74, 6) is -2.29. The number of nitrogens with zero attached hydrogens (tertiary/aromatic N) is 1. The van der Waals surface area contributed by atoms with Crippen molar-refractivity contribution in [3.05, 3.63) is 68.5 Å². The summed E-state index contributed by atoms with van der Waals surface area (Å²) in [6.45, 7) is 0.874. The number of benzene rings is 2. The van der Waals surface area contributed by atoms with Gasteiger partial charge in [-0.05, 0) is 36.8 Å². The van der Waals surface area contributed by atoms with E-state index in [1.54, 1.807) is 6.92 Å². The standard InChI is InChI=1S/C16H12ClFN2O5/c1-9-2-4-11(7-13(9)18)19-15(21)8-25-16(22)12-6-10(17)3-5-14(12)20(23)24/h2-7H,8H2,1H3,(H,19,21). The van der Waals surface area contributed by atoms with E-state index in [1.165, 1.54) is 18.2 Å². The van der Waals surface area contributed by atoms with Crippen LogP contribution in [-0.4, -0.2) is 23.4 Å². The minimum absolute atomic E-state index is 0.108. The average Bonchev–Trinajstić information content (AvgIpc) is 2.55. The molecule has 0 aliphatic heterocycles. The summed E-state index contributed by atoms with van der Waals surface area (Å²) in [7, 11) is 0. The lowest BCUT2D eigenvalue weighted by Crippen LogP contribution is -2.21. The molecule has 2 rings (SSSR count). The molecular weight excluding hydrogens is 355 g/mol. The molecule has 0 saturated heterocycles. The van der Waals surface area contributed by atoms with Crippen LogP contribution in [0.2, 0.25) is 5.02 Å². The number of rotatable bonds is 5. The molecule has 0 aliphatic rings. The van der Waals surface area contributed by atoms with Gasteiger partial charge in [-0.15, -0.1) is 0 Å². The molecule has 130 valence electrons. The predicted molar refractivity (Wildman–Crippen MR) is 88.2 cm³/mol. The van der Waals surface area contributed by atoms with E-state index < -0.39 is 34.9 Å². The number of nitro groups is 1. The Bertz CT molecular complexity index is 856. The van der Waals surface area contributed by atoms with Crippen molar-refractivity contribution in [1.82, 2.24) is 0 Å². The average molecular weight is 367 g/mol. The first-order valence-electron chi connectivity index (χ1n) is 6.95. The van der Waals surface area contributed by atoms with Gasteiger partial charge in [0, 0.05) is 16.8 Å². The van der Waals surface area contributed by atoms with E-state index >= 15 is 0 Å². The molecule has 0 radical (unpaired) electrons. The molecule has 0 bridgehead atoms. The minimum atomic E-state index is -1.07. The normalized spacial score (nSPS) is 10.2. The summed E-state index contributed by atoms with van der Waals surface area (Å²) in [6.07, 6.45) is 0. The molecule has 1 amide bonds. The third-order valence-corrected chi connectivity index (χ3v) is 3.40. The summed E-state index contributed by atoms with van der Waals surface area (Å²) < 4.78 is 18.2. The number of halogens is 2. The molecule has 0 aromatic heterocycles. The van der Waals surface area contributed by atoms with Crippen LogP contribution in [0.15, 0.2) is 36.4 Å². The predicted octanol–water partition coefficient (Wildman–Crippen LogP) is 3.49. The lowest BCUT2D eigenvalue weighted by molar-refractivity contribution is -0.385. The summed E-state index contributed by atoms with van der Waals surface area (Å²) in [4.78, 5) is 33.9. The van der Waals surface area contributed by atoms with Crippen LogP contribution in [0.4, 0.5) is 15.8 Å². The van der Waals surface area contributed by atoms with Crippen molar-refractivity contribution in [2.45, 2.75) is 6.92 Å². The van der Waals surface area contributed by atoms with E-state index in [0.717, 1.165) is 18.2 Å². The largest absolute Gasteiger partial charge is 0.452 e. The number of carbonyl (C=O) groups is 2. The van der Waals surface area contributed by atoms with Gasteiger partial charge in [0.05, 0.1) is 4.92 Å². The van der Waals surface area contributed by atoms with Crippen molar-refractivity contribution in [3.63, 3.8) is 0 Å². The first-order chi connectivity index (χ1) is 11.8. The fraction of sp³-hybridized carbons (Fsp3) is 0.125. The molecule has 0 heterocycles. The molecule has 9 heteroatoms. The minimum Gasteiger partial charge on any atom is -0.452 e. The lowest BCUT2D eigenvalue weighted by atomic mass is 10.2. The van der Waals surface area contributed by atoms with Crippen LogP contribution >= 0.6 is 11.6 Å². The number of aryl methyl sites for hydroxylation is 1. The summed E-state index contributed by atoms with van der Waals surface area (Å²) in [6, 6.07) is 7.49. The zero-order valence-corrected chi connectivity index (χ0v) is 13.7. The second-order valence-electron chi connectivity index (χ2n) is 5.01. The van der Waals surface area contributed by atoms with Crippen LogP contribution in [0.25, 0.3) is 0 Å². The van der Waals surface area contributed by atoms with Crippen molar-refractivity contribution in [3.8, 4) is 0 Å². The molecule has 25 heavy (non-hydrogen) atoms. The van der Waals surface area contributed by atoms with Crippen molar-refractivity contribution >= 4 is 34.9 Å². The first-order valence-corrected chi connectivity index (χ1v) is 7.33. The van der Waals surface area contributed by atoms with Gasteiger partial charge in [0.15, 0.2) is 6.61 Å². The highest BCUT2D eigenvalue weighted by Gasteiger charge is 2.22. The van der Waals surface area contributed by atoms with Crippen molar-refractivity contribution in [2.75, 3.05) is 11.9 Å². The van der Waals surface area contributed by atoms with Crippen LogP contribution in [0.5, 0.6) is 0 Å². The van der Waals surface area contributed by atoms with Crippen LogP contribution in [-0.2, 0) is 9.53 Å². The molecule has 0 atom stereocenters. The number of hydrogen-bond acceptors (Lipinski definition) is 5. The Kier molecular flexibility index (Phi) is 5.66. The molecule has 0 spiro atoms. The van der Waals surface area contributed by atoms with E-state index in [0.29, 0.717) is 5.56 Å². The van der Waals surface area contributed by atoms with Crippen LogP contribution in [0.3, 0.4) is 0 Å². The van der Waals surface area contributed by atoms with Gasteiger partial charge in [0.2, 0.25) is 0 Å². The third kappa shape index (κ3) is 4.74. The molecule has 2 aromatic carbocycles. The number of anilines is 1. The summed E-state index contributed by atoms with van der Waals surface area (Å²) >= 11 is 5.72. The molecule has 7 nitrogen and oxygen atoms in total. The van der Waals surface area contributed by atoms with Crippen LogP contribution in [0, 0.1) is 22.9 Å². The molecule has 2 aromatic rings. The number of nitrogens with one attached hydrogen (secondary N) is 1. The Morgan fingerprint density at radius 1 is 1.28 bits per heavy atom. The zero-order chi connectivity index (χ0) is 18.6. The monoisotopic (exact) mass is 366 g/mol. The van der Waals surface area contributed by atoms with E-state index in [2.05, 4.69) is 5.32 Å². The molecule has 1 N–H and O–H groups in total. The Hall–Kier alpha value is -3.00. The molecule has 0 fully saturated rings. The third-order valence-electron chi connectivity index (χ3n) is 3.17. The second-order valence-corrected chi connectivity index (χ2v) is 5.44. The number of ether oxygens (including phenoxy) is 1. The first kappa shape index (κ1) is 18.3. The second kappa shape index (κ2) is 7.71. The molecule has 0 aliphatic carbocycles. The zero-order valence-electron chi connectivity index (χ0n) is 12.9. The maximum Gasteiger partial charge on any atom is 0.345 e. The quantitative estimate of drug-likeness (QED) is 0.496. The highest BCUT2D eigenvalue weighted by Crippen LogP contribution is 2.23. The van der Waals surface area contributed by atoms with Crippen molar-refractivity contribution < 1.29 is 23.6 Å². The highest BCUT2D eigenvalue weighted by molar-refractivity contribution is 6.31. The van der Waals surface area contributed by atoms with Gasteiger partial charge in [0.1, 0.15) is 11.4 Å². The van der Waals surface area contributed by atoms with Crippen molar-refractivity contribution in [1.29, 1.82) is 0 Å². The Morgan fingerprint density at radius 2 is 2.00 bits per heavy atom. The SMILES string of the molecule is Cc1ccc(NC(=O)COC(=O)c2cc(Cl)ccc2[N+](=O)[O-])cc1F. The van der Waals surface area contributed by atoms with Crippen LogP contribution < -0.4 is 5.32 Å². The van der Waals surface area contributed by atoms with Gasteiger partial charge in [-0.3, -0.25) is 14.9 Å². The molecular formula is C16H12ClFN2O5. The number of amides is 1. The number of nitro benzene ring substituents is 1. The molecule has 0 saturated carbocycles. The molecule has 0 unspecified atom stereocenters. The number of esters is 1. The van der Waals surface area contributed by atoms with Gasteiger partial charge in [0.25, 0.3) is 11.6 Å². The summed E-state index contributed by atoms with van der Waals surface area (Å²) in [5.41, 5.74) is -0.252. The lowest BCUT2D eigenvalue weighted by Gasteiger charge is -2.08. The van der Waals surface area contributed by atoms with Gasteiger partial charge in [-0.25, -0.2) is 9.18 Å².